The van der Waals surface area contributed by atoms with E-state index in [2.05, 4.69) is 15.8 Å². The molecule has 0 spiro atoms. The molecule has 0 radical (unpaired) electrons. The standard InChI is InChI=1S/C15H14N6OS/c16-8-13(14(17)18)21-20-11-5-3-10(4-6-11)15(22)19-9-12-2-1-7-23-12/h1-7,20H,9H2,(H3,17,18)(H,19,22)/b21-13+. The Morgan fingerprint density at radius 2 is 2.09 bits per heavy atom. The third-order valence-corrected chi connectivity index (χ3v) is 3.68. The van der Waals surface area contributed by atoms with Crippen LogP contribution in [-0.2, 0) is 6.54 Å². The molecule has 1 aromatic heterocycles. The van der Waals surface area contributed by atoms with E-state index in [1.54, 1.807) is 41.7 Å². The minimum Gasteiger partial charge on any atom is -0.382 e. The van der Waals surface area contributed by atoms with Crippen LogP contribution in [0.5, 0.6) is 0 Å². The monoisotopic (exact) mass is 326 g/mol. The number of nitriles is 1. The molecule has 0 bridgehead atoms. The van der Waals surface area contributed by atoms with Gasteiger partial charge in [0.25, 0.3) is 5.91 Å². The highest BCUT2D eigenvalue weighted by Crippen LogP contribution is 2.11. The van der Waals surface area contributed by atoms with Crippen molar-refractivity contribution in [2.45, 2.75) is 6.54 Å². The maximum atomic E-state index is 12.0. The molecule has 116 valence electrons. The van der Waals surface area contributed by atoms with Gasteiger partial charge in [0.1, 0.15) is 6.07 Å². The summed E-state index contributed by atoms with van der Waals surface area (Å²) >= 11 is 1.58. The Morgan fingerprint density at radius 1 is 1.35 bits per heavy atom. The summed E-state index contributed by atoms with van der Waals surface area (Å²) in [6.45, 7) is 0.491. The van der Waals surface area contributed by atoms with Gasteiger partial charge < -0.3 is 11.1 Å². The van der Waals surface area contributed by atoms with Crippen molar-refractivity contribution in [2.24, 2.45) is 10.8 Å². The van der Waals surface area contributed by atoms with Crippen molar-refractivity contribution in [3.05, 3.63) is 52.2 Å². The molecule has 7 nitrogen and oxygen atoms in total. The Kier molecular flexibility index (Phi) is 5.44. The lowest BCUT2D eigenvalue weighted by atomic mass is 10.2. The van der Waals surface area contributed by atoms with Crippen molar-refractivity contribution in [1.29, 1.82) is 10.7 Å². The molecule has 2 rings (SSSR count). The SMILES string of the molecule is N#C/C(=N\Nc1ccc(C(=O)NCc2cccs2)cc1)C(=N)N. The van der Waals surface area contributed by atoms with Gasteiger partial charge in [-0.1, -0.05) is 6.07 Å². The van der Waals surface area contributed by atoms with E-state index in [9.17, 15) is 4.79 Å². The predicted molar refractivity (Wildman–Crippen MR) is 90.5 cm³/mol. The summed E-state index contributed by atoms with van der Waals surface area (Å²) in [7, 11) is 0. The number of nitrogens with zero attached hydrogens (tertiary/aromatic N) is 2. The minimum atomic E-state index is -0.412. The van der Waals surface area contributed by atoms with E-state index in [1.807, 2.05) is 17.5 Å². The van der Waals surface area contributed by atoms with Gasteiger partial charge in [-0.05, 0) is 35.7 Å². The zero-order chi connectivity index (χ0) is 16.7. The van der Waals surface area contributed by atoms with Crippen LogP contribution in [0.1, 0.15) is 15.2 Å². The number of benzene rings is 1. The average Bonchev–Trinajstić information content (AvgIpc) is 3.07. The van der Waals surface area contributed by atoms with E-state index >= 15 is 0 Å². The molecular formula is C15H14N6OS. The molecular weight excluding hydrogens is 312 g/mol. The van der Waals surface area contributed by atoms with Crippen LogP contribution in [-0.4, -0.2) is 17.5 Å². The van der Waals surface area contributed by atoms with Crippen molar-refractivity contribution in [3.63, 3.8) is 0 Å². The maximum Gasteiger partial charge on any atom is 0.251 e. The molecule has 1 amide bonds. The Hall–Kier alpha value is -3.18. The number of anilines is 1. The fourth-order valence-electron chi connectivity index (χ4n) is 1.64. The Morgan fingerprint density at radius 3 is 2.65 bits per heavy atom. The number of rotatable bonds is 6. The second-order valence-corrected chi connectivity index (χ2v) is 5.47. The average molecular weight is 326 g/mol. The summed E-state index contributed by atoms with van der Waals surface area (Å²) in [5, 5.41) is 24.4. The van der Waals surface area contributed by atoms with Gasteiger partial charge in [0.15, 0.2) is 5.84 Å². The molecule has 1 aromatic carbocycles. The number of amides is 1. The second-order valence-electron chi connectivity index (χ2n) is 4.44. The van der Waals surface area contributed by atoms with E-state index in [-0.39, 0.29) is 11.6 Å². The van der Waals surface area contributed by atoms with Crippen molar-refractivity contribution in [1.82, 2.24) is 5.32 Å². The lowest BCUT2D eigenvalue weighted by molar-refractivity contribution is 0.0951. The highest BCUT2D eigenvalue weighted by Gasteiger charge is 2.06. The van der Waals surface area contributed by atoms with Gasteiger partial charge in [-0.15, -0.1) is 11.3 Å². The molecule has 0 unspecified atom stereocenters. The van der Waals surface area contributed by atoms with E-state index in [0.29, 0.717) is 17.8 Å². The van der Waals surface area contributed by atoms with Crippen LogP contribution >= 0.6 is 11.3 Å². The summed E-state index contributed by atoms with van der Waals surface area (Å²) in [6.07, 6.45) is 0. The Labute approximate surface area is 136 Å². The molecule has 2 aromatic rings. The van der Waals surface area contributed by atoms with Gasteiger partial charge >= 0.3 is 0 Å². The zero-order valence-corrected chi connectivity index (χ0v) is 12.9. The molecule has 23 heavy (non-hydrogen) atoms. The summed E-state index contributed by atoms with van der Waals surface area (Å²) in [5.41, 5.74) is 8.69. The van der Waals surface area contributed by atoms with Gasteiger partial charge in [-0.2, -0.15) is 10.4 Å². The molecule has 0 aliphatic rings. The molecule has 5 N–H and O–H groups in total. The second kappa shape index (κ2) is 7.72. The largest absolute Gasteiger partial charge is 0.382 e. The molecule has 0 aliphatic carbocycles. The number of nitrogens with two attached hydrogens (primary N) is 1. The fourth-order valence-corrected chi connectivity index (χ4v) is 2.29. The number of hydrogen-bond acceptors (Lipinski definition) is 6. The number of thiophene rings is 1. The number of carbonyl (C=O) groups is 1. The van der Waals surface area contributed by atoms with Gasteiger partial charge in [0.2, 0.25) is 5.71 Å². The van der Waals surface area contributed by atoms with Crippen molar-refractivity contribution in [2.75, 3.05) is 5.43 Å². The van der Waals surface area contributed by atoms with Crippen molar-refractivity contribution >= 4 is 34.5 Å². The minimum absolute atomic E-state index is 0.171. The summed E-state index contributed by atoms with van der Waals surface area (Å²) in [6, 6.07) is 12.2. The fraction of sp³-hybridized carbons (Fsp3) is 0.0667. The van der Waals surface area contributed by atoms with Crippen molar-refractivity contribution < 1.29 is 4.79 Å². The maximum absolute atomic E-state index is 12.0. The molecule has 0 aliphatic heterocycles. The van der Waals surface area contributed by atoms with Crippen LogP contribution in [0, 0.1) is 16.7 Å². The number of nitrogens with one attached hydrogen (secondary N) is 3. The topological polar surface area (TPSA) is 127 Å². The highest BCUT2D eigenvalue weighted by atomic mass is 32.1. The van der Waals surface area contributed by atoms with Gasteiger partial charge in [-0.25, -0.2) is 0 Å². The van der Waals surface area contributed by atoms with Crippen LogP contribution in [0.25, 0.3) is 0 Å². The number of amidine groups is 1. The Balaban J connectivity index is 1.95. The third kappa shape index (κ3) is 4.66. The van der Waals surface area contributed by atoms with Crippen LogP contribution in [0.3, 0.4) is 0 Å². The van der Waals surface area contributed by atoms with Gasteiger partial charge in [-0.3, -0.25) is 15.6 Å². The molecule has 0 saturated heterocycles. The third-order valence-electron chi connectivity index (χ3n) is 2.81. The summed E-state index contributed by atoms with van der Waals surface area (Å²) < 4.78 is 0. The number of hydrazone groups is 1. The molecule has 1 heterocycles. The predicted octanol–water partition coefficient (Wildman–Crippen LogP) is 1.91. The van der Waals surface area contributed by atoms with Crippen LogP contribution in [0.2, 0.25) is 0 Å². The van der Waals surface area contributed by atoms with Crippen LogP contribution < -0.4 is 16.5 Å². The smallest absolute Gasteiger partial charge is 0.251 e. The lowest BCUT2D eigenvalue weighted by Gasteiger charge is -2.05. The lowest BCUT2D eigenvalue weighted by Crippen LogP contribution is -2.22. The molecule has 0 fully saturated rings. The molecule has 8 heteroatoms. The van der Waals surface area contributed by atoms with Crippen LogP contribution in [0.4, 0.5) is 5.69 Å². The highest BCUT2D eigenvalue weighted by molar-refractivity contribution is 7.09. The molecule has 0 atom stereocenters. The molecule has 0 saturated carbocycles. The first kappa shape index (κ1) is 16.2. The summed E-state index contributed by atoms with van der Waals surface area (Å²) in [5.74, 6) is -0.584. The number of carbonyl (C=O) groups excluding carboxylic acids is 1. The van der Waals surface area contributed by atoms with E-state index in [1.165, 1.54) is 0 Å². The first-order chi connectivity index (χ1) is 11.1. The summed E-state index contributed by atoms with van der Waals surface area (Å²) in [4.78, 5) is 13.1. The quantitative estimate of drug-likeness (QED) is 0.367. The normalized spacial score (nSPS) is 10.7. The van der Waals surface area contributed by atoms with Crippen molar-refractivity contribution in [3.8, 4) is 6.07 Å². The Bertz CT molecular complexity index is 758. The van der Waals surface area contributed by atoms with Gasteiger partial charge in [0, 0.05) is 10.4 Å². The number of hydrogen-bond donors (Lipinski definition) is 4. The first-order valence-corrected chi connectivity index (χ1v) is 7.47. The van der Waals surface area contributed by atoms with E-state index in [0.717, 1.165) is 4.88 Å². The van der Waals surface area contributed by atoms with E-state index < -0.39 is 5.84 Å². The zero-order valence-electron chi connectivity index (χ0n) is 12.0. The first-order valence-electron chi connectivity index (χ1n) is 6.59. The van der Waals surface area contributed by atoms with E-state index in [4.69, 9.17) is 16.4 Å². The van der Waals surface area contributed by atoms with Crippen LogP contribution in [0.15, 0.2) is 46.9 Å². The van der Waals surface area contributed by atoms with Gasteiger partial charge in [0.05, 0.1) is 12.2 Å².